The smallest absolute Gasteiger partial charge is 0.543 e. The van der Waals surface area contributed by atoms with E-state index < -0.39 is 13.9 Å². The normalized spacial score (nSPS) is 33.3. The Morgan fingerprint density at radius 2 is 1.57 bits per heavy atom. The maximum atomic E-state index is 11.8. The van der Waals surface area contributed by atoms with Crippen molar-refractivity contribution >= 4 is 8.32 Å². The molecule has 1 N–H and O–H groups in total. The number of fused-ring (bicyclic) bond motifs is 5. The maximum absolute atomic E-state index is 11.8. The van der Waals surface area contributed by atoms with E-state index in [-0.39, 0.29) is 27.5 Å². The van der Waals surface area contributed by atoms with Gasteiger partial charge in [-0.1, -0.05) is 45.6 Å². The Bertz CT molecular complexity index is 1060. The van der Waals surface area contributed by atoms with Crippen molar-refractivity contribution in [1.82, 2.24) is 0 Å². The van der Waals surface area contributed by atoms with Crippen LogP contribution in [-0.4, -0.2) is 19.0 Å². The van der Waals surface area contributed by atoms with Crippen LogP contribution in [0.25, 0.3) is 0 Å². The quantitative estimate of drug-likeness (QED) is 0.277. The van der Waals surface area contributed by atoms with Crippen molar-refractivity contribution in [3.8, 4) is 17.6 Å². The van der Waals surface area contributed by atoms with E-state index in [1.165, 1.54) is 12.0 Å². The monoisotopic (exact) mass is 594 g/mol. The molecule has 4 saturated carbocycles. The summed E-state index contributed by atoms with van der Waals surface area (Å²) in [6, 6.07) is 6.94. The summed E-state index contributed by atoms with van der Waals surface area (Å²) in [7, 11) is -1.84. The summed E-state index contributed by atoms with van der Waals surface area (Å²) < 4.78 is 6.63. The van der Waals surface area contributed by atoms with Gasteiger partial charge in [0.2, 0.25) is 8.32 Å². The summed E-state index contributed by atoms with van der Waals surface area (Å²) in [5.74, 6) is 10.5. The second-order valence-electron chi connectivity index (χ2n) is 13.9. The van der Waals surface area contributed by atoms with E-state index in [4.69, 9.17) is 4.43 Å². The predicted octanol–water partition coefficient (Wildman–Crippen LogP) is 8.09. The van der Waals surface area contributed by atoms with Crippen LogP contribution in [0.5, 0.6) is 5.75 Å². The van der Waals surface area contributed by atoms with Gasteiger partial charge in [0.1, 0.15) is 11.4 Å². The van der Waals surface area contributed by atoms with Gasteiger partial charge >= 0.3 is 17.1 Å². The maximum Gasteiger partial charge on any atom is 2.00 e. The molecule has 4 heteroatoms. The van der Waals surface area contributed by atoms with Crippen LogP contribution in [0.4, 0.5) is 0 Å². The van der Waals surface area contributed by atoms with Gasteiger partial charge in [0.25, 0.3) is 0 Å². The van der Waals surface area contributed by atoms with Crippen molar-refractivity contribution < 1.29 is 26.6 Å². The number of hydrogen-bond acceptors (Lipinski definition) is 2. The minimum atomic E-state index is -1.84. The number of hydrogen-bond donors (Lipinski definition) is 1. The van der Waals surface area contributed by atoms with E-state index in [2.05, 4.69) is 70.8 Å². The van der Waals surface area contributed by atoms with Crippen LogP contribution in [0, 0.1) is 92.8 Å². The molecule has 10 radical (unpaired) electrons. The zero-order valence-corrected chi connectivity index (χ0v) is 27.2. The number of aliphatic hydroxyl groups is 1. The van der Waals surface area contributed by atoms with Crippen molar-refractivity contribution in [2.24, 2.45) is 17.3 Å². The molecule has 0 aromatic heterocycles. The summed E-state index contributed by atoms with van der Waals surface area (Å²) in [5.41, 5.74) is 2.04. The van der Waals surface area contributed by atoms with Gasteiger partial charge in [-0.15, -0.1) is 0 Å². The van der Waals surface area contributed by atoms with Gasteiger partial charge in [-0.25, -0.2) is 0 Å². The Kier molecular flexibility index (Phi) is 10.0. The molecule has 5 aliphatic rings. The summed E-state index contributed by atoms with van der Waals surface area (Å²) in [6.07, 6.45) is 24.5. The molecule has 0 aliphatic heterocycles. The van der Waals surface area contributed by atoms with E-state index >= 15 is 0 Å². The Morgan fingerprint density at radius 1 is 0.925 bits per heavy atom. The summed E-state index contributed by atoms with van der Waals surface area (Å²) in [6.45, 7) is 13.9. The summed E-state index contributed by atoms with van der Waals surface area (Å²) in [4.78, 5) is 0. The van der Waals surface area contributed by atoms with Gasteiger partial charge < -0.3 is 9.53 Å². The molecule has 0 amide bonds. The standard InChI is InChI=1S/C31H41O2Si.C5H5.Fe/c1-29(2,3)34(5,6)33-24-12-14-25-23(21-24)11-13-27-26(25)16-18-30(4)28(27)17-20-31(30,32)19-15-22-9-7-8-10-22;1-2-4-5-3-1;/h7-10,12,14,21,26-28,32H,11,13,16-18,20H2,1-6H3;1-5H;/q;;+2/t26-,27-,28+,30+,31?;;/m1../s1. The van der Waals surface area contributed by atoms with Gasteiger partial charge in [-0.05, 0) is 155 Å². The minimum Gasteiger partial charge on any atom is -0.543 e. The fraction of sp³-hybridized carbons (Fsp3) is 0.500. The molecule has 1 aromatic carbocycles. The number of aryl methyl sites for hydroxylation is 1. The molecule has 0 saturated heterocycles. The zero-order chi connectivity index (χ0) is 27.9. The van der Waals surface area contributed by atoms with Crippen LogP contribution >= 0.6 is 0 Å². The van der Waals surface area contributed by atoms with Crippen molar-refractivity contribution in [3.05, 3.63) is 93.0 Å². The molecule has 5 atom stereocenters. The topological polar surface area (TPSA) is 29.5 Å². The molecule has 6 rings (SSSR count). The van der Waals surface area contributed by atoms with Crippen LogP contribution in [0.15, 0.2) is 18.2 Å². The SMILES string of the molecule is CC(C)(C)[Si](C)(C)Oc1ccc2c(c1)CC[C@@H]1[C@@H]2CC[C@@]2(C)[C@H]1CCC2(O)C#C[C]1[CH][CH][CH][CH]1.[CH]1[CH][CH][CH][CH]1.[Fe+2]. The van der Waals surface area contributed by atoms with Crippen molar-refractivity contribution in [2.45, 2.75) is 95.9 Å². The molecule has 5 aliphatic carbocycles. The molecule has 0 spiro atoms. The van der Waals surface area contributed by atoms with Gasteiger partial charge in [0, 0.05) is 5.41 Å². The third-order valence-electron chi connectivity index (χ3n) is 10.7. The fourth-order valence-corrected chi connectivity index (χ4v) is 8.27. The van der Waals surface area contributed by atoms with Gasteiger partial charge in [-0.3, -0.25) is 0 Å². The third kappa shape index (κ3) is 6.29. The van der Waals surface area contributed by atoms with Crippen molar-refractivity contribution in [2.75, 3.05) is 0 Å². The largest absolute Gasteiger partial charge is 2.00 e. The molecule has 0 bridgehead atoms. The Balaban J connectivity index is 0.000000557. The molecule has 0 heterocycles. The average Bonchev–Trinajstić information content (AvgIpc) is 3.66. The number of rotatable bonds is 2. The first-order valence-electron chi connectivity index (χ1n) is 14.9. The van der Waals surface area contributed by atoms with E-state index in [0.29, 0.717) is 17.8 Å². The van der Waals surface area contributed by atoms with Crippen LogP contribution in [0.2, 0.25) is 18.1 Å². The predicted molar refractivity (Wildman–Crippen MR) is 164 cm³/mol. The molecule has 1 aromatic rings. The van der Waals surface area contributed by atoms with Crippen molar-refractivity contribution in [3.63, 3.8) is 0 Å². The third-order valence-corrected chi connectivity index (χ3v) is 15.0. The van der Waals surface area contributed by atoms with Crippen molar-refractivity contribution in [1.29, 1.82) is 0 Å². The molecule has 2 nitrogen and oxygen atoms in total. The van der Waals surface area contributed by atoms with E-state index in [9.17, 15) is 5.11 Å². The Morgan fingerprint density at radius 3 is 2.20 bits per heavy atom. The molecule has 212 valence electrons. The van der Waals surface area contributed by atoms with Gasteiger partial charge in [-0.2, -0.15) is 0 Å². The van der Waals surface area contributed by atoms with E-state index in [1.54, 1.807) is 5.56 Å². The first kappa shape index (κ1) is 32.2. The summed E-state index contributed by atoms with van der Waals surface area (Å²) in [5, 5.41) is 12.0. The molecular weight excluding hydrogens is 548 g/mol. The fourth-order valence-electron chi connectivity index (χ4n) is 7.24. The van der Waals surface area contributed by atoms with Crippen LogP contribution < -0.4 is 4.43 Å². The molecule has 40 heavy (non-hydrogen) atoms. The van der Waals surface area contributed by atoms with Crippen LogP contribution in [0.3, 0.4) is 0 Å². The van der Waals surface area contributed by atoms with Gasteiger partial charge in [0.15, 0.2) is 0 Å². The number of benzene rings is 1. The Hall–Kier alpha value is -0.724. The molecule has 4 fully saturated rings. The average molecular weight is 595 g/mol. The Labute approximate surface area is 257 Å². The zero-order valence-electron chi connectivity index (χ0n) is 25.1. The minimum absolute atomic E-state index is 0. The first-order valence-corrected chi connectivity index (χ1v) is 17.8. The second kappa shape index (κ2) is 12.5. The van der Waals surface area contributed by atoms with Gasteiger partial charge in [0.05, 0.1) is 5.92 Å². The molecule has 1 unspecified atom stereocenters. The van der Waals surface area contributed by atoms with E-state index in [0.717, 1.165) is 43.8 Å². The molecular formula is C36H46FeO2Si+2. The summed E-state index contributed by atoms with van der Waals surface area (Å²) >= 11 is 0. The van der Waals surface area contributed by atoms with E-state index in [1.807, 2.05) is 57.8 Å². The first-order chi connectivity index (χ1) is 18.4. The second-order valence-corrected chi connectivity index (χ2v) is 18.6. The van der Waals surface area contributed by atoms with Crippen LogP contribution in [-0.2, 0) is 23.5 Å². The van der Waals surface area contributed by atoms with Crippen LogP contribution in [0.1, 0.15) is 76.8 Å².